The van der Waals surface area contributed by atoms with Crippen molar-refractivity contribution in [2.24, 2.45) is 5.92 Å². The van der Waals surface area contributed by atoms with Crippen LogP contribution >= 0.6 is 0 Å². The highest BCUT2D eigenvalue weighted by molar-refractivity contribution is 6.02. The molecule has 25 heavy (non-hydrogen) atoms. The van der Waals surface area contributed by atoms with E-state index < -0.39 is 18.1 Å². The number of allylic oxidation sites excluding steroid dienone is 2. The standard InChI is InChI=1S/C12H11N3O3.C2HF3O2/c13-4-1-2-6-7-3-5-14-8-9(7)15(11(8)16)10(6)12(17)18;3-2(4,5)1(6)7/h1-2,7-9,14H,3,5H2,(H,17,18);(H,6,7)/b2-1-;/t7?,8-,9+;/m0./s1. The molecule has 1 unspecified atom stereocenters. The molecule has 134 valence electrons. The predicted molar refractivity (Wildman–Crippen MR) is 73.6 cm³/mol. The number of aliphatic carboxylic acids is 2. The molecule has 3 aliphatic heterocycles. The maximum Gasteiger partial charge on any atom is 0.490 e. The summed E-state index contributed by atoms with van der Waals surface area (Å²) in [5, 5.41) is 28.1. The van der Waals surface area contributed by atoms with Gasteiger partial charge in [-0.2, -0.15) is 18.4 Å². The van der Waals surface area contributed by atoms with Gasteiger partial charge in [0.2, 0.25) is 5.91 Å². The first-order valence-electron chi connectivity index (χ1n) is 7.01. The highest BCUT2D eigenvalue weighted by Gasteiger charge is 2.60. The number of carbonyl (C=O) groups is 3. The van der Waals surface area contributed by atoms with Gasteiger partial charge < -0.3 is 15.5 Å². The first kappa shape index (κ1) is 18.5. The van der Waals surface area contributed by atoms with Crippen molar-refractivity contribution < 1.29 is 37.8 Å². The molecule has 11 heteroatoms. The van der Waals surface area contributed by atoms with Gasteiger partial charge in [0.1, 0.15) is 11.7 Å². The molecule has 8 nitrogen and oxygen atoms in total. The maximum absolute atomic E-state index is 11.9. The third-order valence-corrected chi connectivity index (χ3v) is 4.07. The minimum Gasteiger partial charge on any atom is -0.477 e. The van der Waals surface area contributed by atoms with E-state index >= 15 is 0 Å². The molecule has 0 bridgehead atoms. The normalized spacial score (nSPS) is 27.2. The summed E-state index contributed by atoms with van der Waals surface area (Å²) in [5.74, 6) is -4.01. The number of nitrogens with one attached hydrogen (secondary N) is 1. The number of amides is 1. The van der Waals surface area contributed by atoms with Crippen LogP contribution in [0.15, 0.2) is 23.4 Å². The Morgan fingerprint density at radius 3 is 2.44 bits per heavy atom. The minimum absolute atomic E-state index is 0.0321. The van der Waals surface area contributed by atoms with Gasteiger partial charge in [-0.05, 0) is 24.6 Å². The second-order valence-corrected chi connectivity index (χ2v) is 5.40. The smallest absolute Gasteiger partial charge is 0.477 e. The molecule has 0 saturated carbocycles. The van der Waals surface area contributed by atoms with Crippen molar-refractivity contribution in [3.05, 3.63) is 23.4 Å². The Morgan fingerprint density at radius 2 is 1.96 bits per heavy atom. The molecular formula is C14H12F3N3O5. The number of piperidine rings is 1. The van der Waals surface area contributed by atoms with E-state index in [0.717, 1.165) is 6.42 Å². The van der Waals surface area contributed by atoms with E-state index in [9.17, 15) is 27.9 Å². The zero-order valence-electron chi connectivity index (χ0n) is 12.4. The van der Waals surface area contributed by atoms with Crippen molar-refractivity contribution in [2.75, 3.05) is 6.54 Å². The lowest BCUT2D eigenvalue weighted by molar-refractivity contribution is -0.192. The van der Waals surface area contributed by atoms with Crippen molar-refractivity contribution in [3.63, 3.8) is 0 Å². The average Bonchev–Trinajstić information content (AvgIpc) is 2.85. The van der Waals surface area contributed by atoms with Crippen LogP contribution in [0, 0.1) is 17.2 Å². The van der Waals surface area contributed by atoms with Crippen molar-refractivity contribution in [2.45, 2.75) is 24.7 Å². The second kappa shape index (κ2) is 6.56. The topological polar surface area (TPSA) is 131 Å². The Labute approximate surface area is 138 Å². The number of nitriles is 1. The van der Waals surface area contributed by atoms with E-state index in [2.05, 4.69) is 5.32 Å². The SMILES string of the molecule is N#C/C=C\C1=C(C(=O)O)N2C(=O)[C@H]3NCCC1[C@H]32.O=C(O)C(F)(F)F. The lowest BCUT2D eigenvalue weighted by atomic mass is 9.79. The lowest BCUT2D eigenvalue weighted by Gasteiger charge is -2.48. The van der Waals surface area contributed by atoms with Gasteiger partial charge in [-0.15, -0.1) is 0 Å². The number of hydrogen-bond donors (Lipinski definition) is 3. The van der Waals surface area contributed by atoms with Crippen LogP contribution < -0.4 is 5.32 Å². The number of carbonyl (C=O) groups excluding carboxylic acids is 1. The molecule has 3 rings (SSSR count). The number of nitrogens with zero attached hydrogens (tertiary/aromatic N) is 2. The molecule has 2 fully saturated rings. The predicted octanol–water partition coefficient (Wildman–Crippen LogP) is 0.241. The molecule has 0 spiro atoms. The summed E-state index contributed by atoms with van der Waals surface area (Å²) in [4.78, 5) is 33.4. The number of β-lactam (4-membered cyclic amide) rings is 1. The Morgan fingerprint density at radius 1 is 1.36 bits per heavy atom. The zero-order chi connectivity index (χ0) is 18.9. The highest BCUT2D eigenvalue weighted by atomic mass is 19.4. The Bertz CT molecular complexity index is 722. The van der Waals surface area contributed by atoms with E-state index in [0.29, 0.717) is 12.1 Å². The Kier molecular flexibility index (Phi) is 4.85. The molecule has 0 aromatic carbocycles. The largest absolute Gasteiger partial charge is 0.490 e. The molecule has 0 radical (unpaired) electrons. The maximum atomic E-state index is 11.9. The summed E-state index contributed by atoms with van der Waals surface area (Å²) in [5.41, 5.74) is 0.646. The van der Waals surface area contributed by atoms with Gasteiger partial charge in [0, 0.05) is 12.0 Å². The van der Waals surface area contributed by atoms with Crippen molar-refractivity contribution >= 4 is 17.8 Å². The van der Waals surface area contributed by atoms with Crippen LogP contribution in [0.5, 0.6) is 0 Å². The summed E-state index contributed by atoms with van der Waals surface area (Å²) < 4.78 is 31.7. The molecule has 3 aliphatic rings. The molecular weight excluding hydrogens is 347 g/mol. The molecule has 3 N–H and O–H groups in total. The van der Waals surface area contributed by atoms with Gasteiger partial charge in [0.25, 0.3) is 0 Å². The van der Waals surface area contributed by atoms with Crippen molar-refractivity contribution in [1.82, 2.24) is 10.2 Å². The van der Waals surface area contributed by atoms with E-state index in [4.69, 9.17) is 15.2 Å². The lowest BCUT2D eigenvalue weighted by Crippen LogP contribution is -2.71. The summed E-state index contributed by atoms with van der Waals surface area (Å²) in [6, 6.07) is 1.52. The average molecular weight is 359 g/mol. The molecule has 3 heterocycles. The van der Waals surface area contributed by atoms with Gasteiger partial charge in [0.05, 0.1) is 12.1 Å². The molecule has 3 atom stereocenters. The Balaban J connectivity index is 0.000000277. The third kappa shape index (κ3) is 3.20. The fourth-order valence-electron chi connectivity index (χ4n) is 3.16. The second-order valence-electron chi connectivity index (χ2n) is 5.40. The minimum atomic E-state index is -5.08. The number of hydrogen-bond acceptors (Lipinski definition) is 5. The van der Waals surface area contributed by atoms with Crippen molar-refractivity contribution in [3.8, 4) is 6.07 Å². The number of halogens is 3. The first-order valence-corrected chi connectivity index (χ1v) is 7.01. The summed E-state index contributed by atoms with van der Waals surface area (Å²) in [7, 11) is 0. The van der Waals surface area contributed by atoms with Crippen LogP contribution in [-0.2, 0) is 14.4 Å². The monoisotopic (exact) mass is 359 g/mol. The van der Waals surface area contributed by atoms with Crippen molar-refractivity contribution in [1.29, 1.82) is 5.26 Å². The summed E-state index contributed by atoms with van der Waals surface area (Å²) in [6.07, 6.45) is -1.50. The van der Waals surface area contributed by atoms with Crippen LogP contribution in [0.3, 0.4) is 0 Å². The van der Waals surface area contributed by atoms with Gasteiger partial charge >= 0.3 is 18.1 Å². The fraction of sp³-hybridized carbons (Fsp3) is 0.429. The highest BCUT2D eigenvalue weighted by Crippen LogP contribution is 2.46. The van der Waals surface area contributed by atoms with E-state index in [1.54, 1.807) is 0 Å². The fourth-order valence-corrected chi connectivity index (χ4v) is 3.16. The molecule has 1 amide bonds. The number of carboxylic acids is 2. The van der Waals surface area contributed by atoms with Crippen LogP contribution in [0.25, 0.3) is 0 Å². The molecule has 0 aromatic heterocycles. The molecule has 2 saturated heterocycles. The molecule has 0 aliphatic carbocycles. The van der Waals surface area contributed by atoms with Gasteiger partial charge in [-0.3, -0.25) is 9.69 Å². The number of alkyl halides is 3. The van der Waals surface area contributed by atoms with Gasteiger partial charge in [-0.25, -0.2) is 9.59 Å². The van der Waals surface area contributed by atoms with E-state index in [1.807, 2.05) is 6.07 Å². The third-order valence-electron chi connectivity index (χ3n) is 4.07. The van der Waals surface area contributed by atoms with Gasteiger partial charge in [0.15, 0.2) is 0 Å². The zero-order valence-corrected chi connectivity index (χ0v) is 12.4. The number of rotatable bonds is 2. The van der Waals surface area contributed by atoms with E-state index in [1.165, 1.54) is 17.1 Å². The van der Waals surface area contributed by atoms with Crippen LogP contribution in [0.2, 0.25) is 0 Å². The Hall–Kier alpha value is -2.87. The van der Waals surface area contributed by atoms with Crippen LogP contribution in [0.4, 0.5) is 13.2 Å². The van der Waals surface area contributed by atoms with Crippen LogP contribution in [0.1, 0.15) is 6.42 Å². The van der Waals surface area contributed by atoms with Gasteiger partial charge in [-0.1, -0.05) is 0 Å². The first-order chi connectivity index (χ1) is 11.6. The number of carboxylic acid groups (broad SMARTS) is 2. The molecule has 0 aromatic rings. The van der Waals surface area contributed by atoms with Crippen LogP contribution in [-0.4, -0.2) is 57.8 Å². The summed E-state index contributed by atoms with van der Waals surface area (Å²) in [6.45, 7) is 0.697. The van der Waals surface area contributed by atoms with E-state index in [-0.39, 0.29) is 29.6 Å². The summed E-state index contributed by atoms with van der Waals surface area (Å²) >= 11 is 0. The quantitative estimate of drug-likeness (QED) is 0.475.